The molecule has 0 aliphatic heterocycles. The number of carbonyl (C=O) groups is 2. The first-order chi connectivity index (χ1) is 13.1. The van der Waals surface area contributed by atoms with E-state index in [4.69, 9.17) is 52.1 Å². The molecule has 0 radical (unpaired) electrons. The van der Waals surface area contributed by atoms with Gasteiger partial charge in [-0.1, -0.05) is 65.1 Å². The second-order valence-corrected chi connectivity index (χ2v) is 8.46. The number of hydrogen-bond acceptors (Lipinski definition) is 3. The summed E-state index contributed by atoms with van der Waals surface area (Å²) >= 11 is 23.0. The highest BCUT2D eigenvalue weighted by Gasteiger charge is 2.34. The van der Waals surface area contributed by atoms with Crippen molar-refractivity contribution < 1.29 is 14.7 Å². The predicted octanol–water partition coefficient (Wildman–Crippen LogP) is 3.73. The molecule has 0 aromatic heterocycles. The van der Waals surface area contributed by atoms with Crippen LogP contribution in [0.25, 0.3) is 0 Å². The summed E-state index contributed by atoms with van der Waals surface area (Å²) in [7, 11) is 0. The lowest BCUT2D eigenvalue weighted by Crippen LogP contribution is -2.56. The van der Waals surface area contributed by atoms with Crippen LogP contribution >= 0.6 is 47.0 Å². The fourth-order valence-electron chi connectivity index (χ4n) is 2.19. The van der Waals surface area contributed by atoms with E-state index in [1.165, 1.54) is 24.3 Å². The van der Waals surface area contributed by atoms with Gasteiger partial charge in [-0.3, -0.25) is 4.79 Å². The number of thiocarbonyl (C=S) groups is 1. The standard InChI is InChI=1S/C18H16Cl3N3O3S/c19-18(20,21)16(23-14(25)10-11-4-2-1-3-5-11)24-17(28)22-13-8-6-12(7-9-13)15(26)27/h1-9,16H,10H2,(H,23,25)(H,26,27)(H2,22,24,28)/t16-/m1/s1. The van der Waals surface area contributed by atoms with Gasteiger partial charge in [0, 0.05) is 5.69 Å². The van der Waals surface area contributed by atoms with E-state index >= 15 is 0 Å². The maximum absolute atomic E-state index is 12.3. The minimum absolute atomic E-state index is 0.0828. The molecule has 0 fully saturated rings. The highest BCUT2D eigenvalue weighted by atomic mass is 35.6. The number of nitrogens with one attached hydrogen (secondary N) is 3. The monoisotopic (exact) mass is 459 g/mol. The van der Waals surface area contributed by atoms with Crippen LogP contribution in [0, 0.1) is 0 Å². The van der Waals surface area contributed by atoms with Crippen molar-refractivity contribution in [2.75, 3.05) is 5.32 Å². The first-order valence-electron chi connectivity index (χ1n) is 7.96. The van der Waals surface area contributed by atoms with Gasteiger partial charge in [0.05, 0.1) is 12.0 Å². The van der Waals surface area contributed by atoms with Crippen LogP contribution in [0.5, 0.6) is 0 Å². The van der Waals surface area contributed by atoms with Crippen LogP contribution in [0.4, 0.5) is 5.69 Å². The molecule has 0 spiro atoms. The number of carboxylic acid groups (broad SMARTS) is 1. The zero-order chi connectivity index (χ0) is 20.7. The maximum atomic E-state index is 12.3. The predicted molar refractivity (Wildman–Crippen MR) is 115 cm³/mol. The van der Waals surface area contributed by atoms with Crippen LogP contribution in [-0.2, 0) is 11.2 Å². The highest BCUT2D eigenvalue weighted by molar-refractivity contribution is 7.80. The molecule has 0 saturated carbocycles. The summed E-state index contributed by atoms with van der Waals surface area (Å²) in [6.07, 6.45) is -0.983. The van der Waals surface area contributed by atoms with Crippen molar-refractivity contribution in [1.82, 2.24) is 10.6 Å². The molecule has 4 N–H and O–H groups in total. The van der Waals surface area contributed by atoms with E-state index in [0.29, 0.717) is 5.69 Å². The maximum Gasteiger partial charge on any atom is 0.335 e. The second-order valence-electron chi connectivity index (χ2n) is 5.69. The van der Waals surface area contributed by atoms with Crippen molar-refractivity contribution in [2.45, 2.75) is 16.4 Å². The van der Waals surface area contributed by atoms with Gasteiger partial charge in [0.1, 0.15) is 6.17 Å². The Kier molecular flexibility index (Phi) is 7.88. The first kappa shape index (κ1) is 22.2. The molecule has 0 aliphatic rings. The Hall–Kier alpha value is -2.06. The molecule has 0 saturated heterocycles. The fraction of sp³-hybridized carbons (Fsp3) is 0.167. The van der Waals surface area contributed by atoms with Crippen LogP contribution in [0.15, 0.2) is 54.6 Å². The number of rotatable bonds is 6. The lowest BCUT2D eigenvalue weighted by atomic mass is 10.1. The molecule has 10 heteroatoms. The zero-order valence-corrected chi connectivity index (χ0v) is 17.4. The van der Waals surface area contributed by atoms with E-state index in [0.717, 1.165) is 5.56 Å². The Bertz CT molecular complexity index is 843. The number of aromatic carboxylic acids is 1. The molecule has 1 atom stereocenters. The van der Waals surface area contributed by atoms with Crippen LogP contribution in [0.1, 0.15) is 15.9 Å². The van der Waals surface area contributed by atoms with Crippen molar-refractivity contribution >= 4 is 69.7 Å². The molecule has 6 nitrogen and oxygen atoms in total. The molecule has 2 rings (SSSR count). The smallest absolute Gasteiger partial charge is 0.335 e. The van der Waals surface area contributed by atoms with Gasteiger partial charge < -0.3 is 21.1 Å². The fourth-order valence-corrected chi connectivity index (χ4v) is 2.75. The molecule has 0 heterocycles. The average Bonchev–Trinajstić information content (AvgIpc) is 2.61. The van der Waals surface area contributed by atoms with Gasteiger partial charge in [0.25, 0.3) is 0 Å². The zero-order valence-electron chi connectivity index (χ0n) is 14.3. The summed E-state index contributed by atoms with van der Waals surface area (Å²) in [5.41, 5.74) is 1.47. The molecular weight excluding hydrogens is 445 g/mol. The minimum Gasteiger partial charge on any atom is -0.478 e. The van der Waals surface area contributed by atoms with Crippen molar-refractivity contribution in [1.29, 1.82) is 0 Å². The normalized spacial score (nSPS) is 12.0. The van der Waals surface area contributed by atoms with E-state index in [-0.39, 0.29) is 23.0 Å². The largest absolute Gasteiger partial charge is 0.478 e. The SMILES string of the molecule is O=C(Cc1ccccc1)N[C@H](NC(=S)Nc1ccc(C(=O)O)cc1)C(Cl)(Cl)Cl. The second kappa shape index (κ2) is 9.93. The molecule has 2 aromatic carbocycles. The van der Waals surface area contributed by atoms with E-state index in [1.807, 2.05) is 30.3 Å². The summed E-state index contributed by atoms with van der Waals surface area (Å²) in [5, 5.41) is 17.2. The Morgan fingerprint density at radius 2 is 1.61 bits per heavy atom. The number of carbonyl (C=O) groups excluding carboxylic acids is 1. The molecule has 28 heavy (non-hydrogen) atoms. The number of amides is 1. The molecule has 0 aliphatic carbocycles. The molecule has 1 amide bonds. The van der Waals surface area contributed by atoms with Gasteiger partial charge in [-0.05, 0) is 42.0 Å². The summed E-state index contributed by atoms with van der Waals surface area (Å²) in [4.78, 5) is 23.1. The van der Waals surface area contributed by atoms with Gasteiger partial charge in [0.15, 0.2) is 5.11 Å². The van der Waals surface area contributed by atoms with Crippen molar-refractivity contribution in [2.24, 2.45) is 0 Å². The third-order valence-corrected chi connectivity index (χ3v) is 4.38. The van der Waals surface area contributed by atoms with Crippen LogP contribution in [0.3, 0.4) is 0 Å². The highest BCUT2D eigenvalue weighted by Crippen LogP contribution is 2.29. The van der Waals surface area contributed by atoms with Gasteiger partial charge in [-0.2, -0.15) is 0 Å². The van der Waals surface area contributed by atoms with Crippen LogP contribution in [0.2, 0.25) is 0 Å². The number of alkyl halides is 3. The van der Waals surface area contributed by atoms with E-state index < -0.39 is 15.9 Å². The Balaban J connectivity index is 1.98. The molecule has 0 bridgehead atoms. The third kappa shape index (κ3) is 7.16. The number of benzene rings is 2. The summed E-state index contributed by atoms with van der Waals surface area (Å²) in [6.45, 7) is 0. The van der Waals surface area contributed by atoms with Gasteiger partial charge >= 0.3 is 5.97 Å². The molecular formula is C18H16Cl3N3O3S. The van der Waals surface area contributed by atoms with Gasteiger partial charge in [-0.25, -0.2) is 4.79 Å². The number of hydrogen-bond donors (Lipinski definition) is 4. The van der Waals surface area contributed by atoms with E-state index in [2.05, 4.69) is 16.0 Å². The summed E-state index contributed by atoms with van der Waals surface area (Å²) < 4.78 is -1.87. The molecule has 2 aromatic rings. The summed E-state index contributed by atoms with van der Waals surface area (Å²) in [5.74, 6) is -1.40. The number of carboxylic acids is 1. The lowest BCUT2D eigenvalue weighted by molar-refractivity contribution is -0.121. The van der Waals surface area contributed by atoms with Gasteiger partial charge in [-0.15, -0.1) is 0 Å². The van der Waals surface area contributed by atoms with Gasteiger partial charge in [0.2, 0.25) is 9.70 Å². The third-order valence-electron chi connectivity index (χ3n) is 3.51. The van der Waals surface area contributed by atoms with Crippen molar-refractivity contribution in [3.05, 3.63) is 65.7 Å². The Morgan fingerprint density at radius 1 is 1.00 bits per heavy atom. The summed E-state index contributed by atoms with van der Waals surface area (Å²) in [6, 6.07) is 15.0. The topological polar surface area (TPSA) is 90.5 Å². The average molecular weight is 461 g/mol. The van der Waals surface area contributed by atoms with Crippen molar-refractivity contribution in [3.63, 3.8) is 0 Å². The van der Waals surface area contributed by atoms with Crippen LogP contribution in [-0.4, -0.2) is 32.1 Å². The Morgan fingerprint density at radius 3 is 2.14 bits per heavy atom. The number of anilines is 1. The Labute approximate surface area is 182 Å². The molecule has 0 unspecified atom stereocenters. The first-order valence-corrected chi connectivity index (χ1v) is 9.50. The van der Waals surface area contributed by atoms with Crippen molar-refractivity contribution in [3.8, 4) is 0 Å². The molecule has 148 valence electrons. The van der Waals surface area contributed by atoms with E-state index in [1.54, 1.807) is 0 Å². The van der Waals surface area contributed by atoms with Crippen LogP contribution < -0.4 is 16.0 Å². The quantitative estimate of drug-likeness (QED) is 0.298. The minimum atomic E-state index is -1.87. The number of halogens is 3. The lowest BCUT2D eigenvalue weighted by Gasteiger charge is -2.27. The van der Waals surface area contributed by atoms with E-state index in [9.17, 15) is 9.59 Å².